The lowest BCUT2D eigenvalue weighted by molar-refractivity contribution is -0.0325. The molecule has 0 saturated heterocycles. The summed E-state index contributed by atoms with van der Waals surface area (Å²) in [5.74, 6) is 2.64. The average Bonchev–Trinajstić information content (AvgIpc) is 3.04. The number of rotatable bonds is 4. The van der Waals surface area contributed by atoms with Gasteiger partial charge in [0.05, 0.1) is 13.2 Å². The third-order valence-electron chi connectivity index (χ3n) is 8.79. The Morgan fingerprint density at radius 1 is 1.19 bits per heavy atom. The molecule has 4 heteroatoms. The van der Waals surface area contributed by atoms with Crippen LogP contribution >= 0.6 is 0 Å². The van der Waals surface area contributed by atoms with Crippen LogP contribution in [0, 0.1) is 23.2 Å². The first-order chi connectivity index (χ1) is 14.9. The zero-order chi connectivity index (χ0) is 21.8. The molecule has 0 unspecified atom stereocenters. The first-order valence-corrected chi connectivity index (χ1v) is 11.6. The Balaban J connectivity index is 1.37. The van der Waals surface area contributed by atoms with Crippen molar-refractivity contribution in [2.75, 3.05) is 7.11 Å². The van der Waals surface area contributed by atoms with Gasteiger partial charge in [0.2, 0.25) is 5.91 Å². The lowest BCUT2D eigenvalue weighted by Gasteiger charge is -2.50. The SMILES string of the molecule is COc1ccc2c(c1)CC[C@@H]1[C@@H]2CC[C@]2(C)[C@@H](O)[C@@H](Cc3ccc(C(N)=O)cc3)C[C@@H]12. The molecule has 1 amide bonds. The number of aliphatic hydroxyl groups excluding tert-OH is 1. The van der Waals surface area contributed by atoms with Crippen LogP contribution in [0.3, 0.4) is 0 Å². The first kappa shape index (κ1) is 20.6. The second-order valence-corrected chi connectivity index (χ2v) is 10.2. The van der Waals surface area contributed by atoms with Gasteiger partial charge < -0.3 is 15.6 Å². The molecule has 2 aromatic carbocycles. The number of carbonyl (C=O) groups excluding carboxylic acids is 1. The Morgan fingerprint density at radius 2 is 1.97 bits per heavy atom. The Labute approximate surface area is 184 Å². The lowest BCUT2D eigenvalue weighted by atomic mass is 9.55. The number of benzene rings is 2. The number of hydrogen-bond donors (Lipinski definition) is 2. The highest BCUT2D eigenvalue weighted by atomic mass is 16.5. The van der Waals surface area contributed by atoms with Crippen molar-refractivity contribution >= 4 is 5.91 Å². The maximum absolute atomic E-state index is 11.4. The Kier molecular flexibility index (Phi) is 5.09. The van der Waals surface area contributed by atoms with Gasteiger partial charge in [-0.3, -0.25) is 4.79 Å². The zero-order valence-corrected chi connectivity index (χ0v) is 18.5. The quantitative estimate of drug-likeness (QED) is 0.767. The van der Waals surface area contributed by atoms with E-state index in [1.54, 1.807) is 19.2 Å². The normalized spacial score (nSPS) is 33.8. The summed E-state index contributed by atoms with van der Waals surface area (Å²) in [4.78, 5) is 11.4. The van der Waals surface area contributed by atoms with Crippen LogP contribution in [0.25, 0.3) is 0 Å². The van der Waals surface area contributed by atoms with E-state index in [0.717, 1.165) is 37.9 Å². The van der Waals surface area contributed by atoms with Crippen molar-refractivity contribution in [2.45, 2.75) is 57.5 Å². The molecule has 31 heavy (non-hydrogen) atoms. The van der Waals surface area contributed by atoms with Crippen molar-refractivity contribution < 1.29 is 14.6 Å². The Bertz CT molecular complexity index is 984. The minimum atomic E-state index is -0.396. The van der Waals surface area contributed by atoms with Crippen LogP contribution in [0.1, 0.15) is 65.6 Å². The van der Waals surface area contributed by atoms with Crippen molar-refractivity contribution in [3.05, 3.63) is 64.7 Å². The Morgan fingerprint density at radius 3 is 2.68 bits per heavy atom. The summed E-state index contributed by atoms with van der Waals surface area (Å²) in [6.45, 7) is 2.33. The van der Waals surface area contributed by atoms with Crippen LogP contribution in [0.4, 0.5) is 0 Å². The highest BCUT2D eigenvalue weighted by Gasteiger charge is 2.57. The third kappa shape index (κ3) is 3.36. The maximum Gasteiger partial charge on any atom is 0.248 e. The molecule has 0 heterocycles. The largest absolute Gasteiger partial charge is 0.497 e. The number of fused-ring (bicyclic) bond motifs is 5. The number of primary amides is 1. The predicted molar refractivity (Wildman–Crippen MR) is 121 cm³/mol. The van der Waals surface area contributed by atoms with Gasteiger partial charge in [0, 0.05) is 5.56 Å². The summed E-state index contributed by atoms with van der Waals surface area (Å²) in [5.41, 5.74) is 10.1. The van der Waals surface area contributed by atoms with Gasteiger partial charge in [-0.15, -0.1) is 0 Å². The van der Waals surface area contributed by atoms with E-state index < -0.39 is 5.91 Å². The molecule has 2 aromatic rings. The fraction of sp³-hybridized carbons (Fsp3) is 0.519. The van der Waals surface area contributed by atoms with Crippen LogP contribution in [-0.4, -0.2) is 24.2 Å². The molecule has 0 bridgehead atoms. The van der Waals surface area contributed by atoms with Crippen LogP contribution in [-0.2, 0) is 12.8 Å². The highest BCUT2D eigenvalue weighted by Crippen LogP contribution is 2.62. The molecule has 6 atom stereocenters. The maximum atomic E-state index is 11.4. The summed E-state index contributed by atoms with van der Waals surface area (Å²) in [6.07, 6.45) is 6.23. The fourth-order valence-electron chi connectivity index (χ4n) is 7.14. The summed E-state index contributed by atoms with van der Waals surface area (Å²) in [7, 11) is 1.74. The van der Waals surface area contributed by atoms with Gasteiger partial charge in [-0.05, 0) is 109 Å². The first-order valence-electron chi connectivity index (χ1n) is 11.6. The molecule has 0 radical (unpaired) electrons. The summed E-state index contributed by atoms with van der Waals surface area (Å²) in [6, 6.07) is 14.2. The minimum Gasteiger partial charge on any atom is -0.497 e. The number of hydrogen-bond acceptors (Lipinski definition) is 3. The smallest absolute Gasteiger partial charge is 0.248 e. The molecule has 3 aliphatic carbocycles. The number of nitrogens with two attached hydrogens (primary N) is 1. The standard InChI is InChI=1S/C27H33NO3/c1-27-12-11-22-21-10-8-20(31-2)14-18(21)7-9-23(22)24(27)15-19(25(27)29)13-16-3-5-17(6-4-16)26(28)30/h3-6,8,10,14,19,22-25,29H,7,9,11-13,15H2,1-2H3,(H2,28,30)/t19-,22+,23+,24-,25-,27-/m0/s1. The van der Waals surface area contributed by atoms with Crippen LogP contribution in [0.5, 0.6) is 5.75 Å². The third-order valence-corrected chi connectivity index (χ3v) is 8.79. The zero-order valence-electron chi connectivity index (χ0n) is 18.5. The van der Waals surface area contributed by atoms with Gasteiger partial charge in [0.1, 0.15) is 5.75 Å². The molecule has 3 aliphatic rings. The number of aryl methyl sites for hydroxylation is 1. The molecule has 2 fully saturated rings. The fourth-order valence-corrected chi connectivity index (χ4v) is 7.14. The van der Waals surface area contributed by atoms with E-state index in [1.807, 2.05) is 12.1 Å². The molecular weight excluding hydrogens is 386 g/mol. The van der Waals surface area contributed by atoms with E-state index in [4.69, 9.17) is 10.5 Å². The second kappa shape index (κ2) is 7.67. The van der Waals surface area contributed by atoms with Gasteiger partial charge in [-0.2, -0.15) is 0 Å². The van der Waals surface area contributed by atoms with Crippen molar-refractivity contribution in [3.8, 4) is 5.75 Å². The minimum absolute atomic E-state index is 0.00295. The molecule has 0 spiro atoms. The number of ether oxygens (including phenoxy) is 1. The van der Waals surface area contributed by atoms with E-state index in [-0.39, 0.29) is 17.4 Å². The summed E-state index contributed by atoms with van der Waals surface area (Å²) < 4.78 is 5.45. The van der Waals surface area contributed by atoms with Crippen molar-refractivity contribution in [2.24, 2.45) is 28.9 Å². The van der Waals surface area contributed by atoms with Crippen LogP contribution < -0.4 is 10.5 Å². The van der Waals surface area contributed by atoms with Crippen LogP contribution in [0.15, 0.2) is 42.5 Å². The molecule has 4 nitrogen and oxygen atoms in total. The van der Waals surface area contributed by atoms with Crippen LogP contribution in [0.2, 0.25) is 0 Å². The Hall–Kier alpha value is -2.33. The van der Waals surface area contributed by atoms with E-state index in [1.165, 1.54) is 23.1 Å². The lowest BCUT2D eigenvalue weighted by Crippen LogP contribution is -2.44. The van der Waals surface area contributed by atoms with Gasteiger partial charge >= 0.3 is 0 Å². The van der Waals surface area contributed by atoms with Crippen molar-refractivity contribution in [1.82, 2.24) is 0 Å². The number of methoxy groups -OCH3 is 1. The number of amides is 1. The topological polar surface area (TPSA) is 72.6 Å². The van der Waals surface area contributed by atoms with E-state index in [0.29, 0.717) is 23.3 Å². The molecule has 3 N–H and O–H groups in total. The molecule has 0 aliphatic heterocycles. The van der Waals surface area contributed by atoms with Crippen molar-refractivity contribution in [1.29, 1.82) is 0 Å². The second-order valence-electron chi connectivity index (χ2n) is 10.2. The number of carbonyl (C=O) groups is 1. The molecule has 2 saturated carbocycles. The van der Waals surface area contributed by atoms with E-state index >= 15 is 0 Å². The van der Waals surface area contributed by atoms with Gasteiger partial charge in [0.25, 0.3) is 0 Å². The van der Waals surface area contributed by atoms with Gasteiger partial charge in [-0.25, -0.2) is 0 Å². The molecular formula is C27H33NO3. The molecule has 164 valence electrons. The predicted octanol–water partition coefficient (Wildman–Crippen LogP) is 4.48. The molecule has 5 rings (SSSR count). The number of aliphatic hydroxyl groups is 1. The van der Waals surface area contributed by atoms with Crippen molar-refractivity contribution in [3.63, 3.8) is 0 Å². The van der Waals surface area contributed by atoms with Gasteiger partial charge in [0.15, 0.2) is 0 Å². The monoisotopic (exact) mass is 419 g/mol. The average molecular weight is 420 g/mol. The van der Waals surface area contributed by atoms with E-state index in [2.05, 4.69) is 25.1 Å². The highest BCUT2D eigenvalue weighted by molar-refractivity contribution is 5.92. The molecule has 0 aromatic heterocycles. The van der Waals surface area contributed by atoms with E-state index in [9.17, 15) is 9.90 Å². The summed E-state index contributed by atoms with van der Waals surface area (Å²) >= 11 is 0. The summed E-state index contributed by atoms with van der Waals surface area (Å²) in [5, 5.41) is 11.4. The van der Waals surface area contributed by atoms with Gasteiger partial charge in [-0.1, -0.05) is 25.1 Å².